The van der Waals surface area contributed by atoms with Gasteiger partial charge in [-0.3, -0.25) is 0 Å². The average molecular weight is 252 g/mol. The third-order valence-corrected chi connectivity index (χ3v) is 4.52. The Labute approximate surface area is 102 Å². The second kappa shape index (κ2) is 4.98. The van der Waals surface area contributed by atoms with Gasteiger partial charge in [-0.15, -0.1) is 0 Å². The van der Waals surface area contributed by atoms with E-state index in [1.54, 1.807) is 12.1 Å². The lowest BCUT2D eigenvalue weighted by Crippen LogP contribution is -2.34. The highest BCUT2D eigenvalue weighted by Gasteiger charge is 2.26. The van der Waals surface area contributed by atoms with Crippen LogP contribution in [0.3, 0.4) is 0 Å². The van der Waals surface area contributed by atoms with Gasteiger partial charge >= 0.3 is 0 Å². The minimum Gasteiger partial charge on any atom is -0.243 e. The number of rotatable bonds is 2. The highest BCUT2D eigenvalue weighted by molar-refractivity contribution is 7.89. The molecule has 4 nitrogen and oxygen atoms in total. The van der Waals surface area contributed by atoms with Gasteiger partial charge in [0, 0.05) is 19.3 Å². The van der Waals surface area contributed by atoms with Crippen molar-refractivity contribution >= 4 is 10.0 Å². The van der Waals surface area contributed by atoms with Crippen LogP contribution in [0, 0.1) is 5.92 Å². The number of hydrogen-bond acceptors (Lipinski definition) is 3. The highest BCUT2D eigenvalue weighted by atomic mass is 32.2. The van der Waals surface area contributed by atoms with Gasteiger partial charge in [0.2, 0.25) is 0 Å². The Balaban J connectivity index is 2.29. The second-order valence-corrected chi connectivity index (χ2v) is 6.19. The van der Waals surface area contributed by atoms with Crippen LogP contribution >= 0.6 is 0 Å². The topological polar surface area (TPSA) is 50.3 Å². The van der Waals surface area contributed by atoms with Crippen LogP contribution in [0.15, 0.2) is 41.6 Å². The zero-order valence-corrected chi connectivity index (χ0v) is 10.6. The van der Waals surface area contributed by atoms with Crippen molar-refractivity contribution in [3.63, 3.8) is 0 Å². The fraction of sp³-hybridized carbons (Fsp3) is 0.417. The number of hydrogen-bond donors (Lipinski definition) is 0. The average Bonchev–Trinajstić information content (AvgIpc) is 2.55. The maximum atomic E-state index is 12.3. The molecule has 0 bridgehead atoms. The molecule has 92 valence electrons. The summed E-state index contributed by atoms with van der Waals surface area (Å²) in [6.45, 7) is 3.03. The predicted molar refractivity (Wildman–Crippen MR) is 65.9 cm³/mol. The Kier molecular flexibility index (Phi) is 3.59. The molecule has 0 spiro atoms. The van der Waals surface area contributed by atoms with Crippen molar-refractivity contribution in [2.45, 2.75) is 18.4 Å². The third kappa shape index (κ3) is 2.73. The first-order chi connectivity index (χ1) is 8.10. The molecule has 1 aliphatic rings. The Hall–Kier alpha value is -1.20. The van der Waals surface area contributed by atoms with E-state index in [1.807, 2.05) is 12.2 Å². The largest absolute Gasteiger partial charge is 0.260 e. The molecule has 17 heavy (non-hydrogen) atoms. The van der Waals surface area contributed by atoms with Crippen LogP contribution in [0.1, 0.15) is 13.3 Å². The standard InChI is InChI=1S/C12H16N2O2S/c1-11-6-3-5-9-14(10-11)17(15,16)12-7-2-4-8-13-12/h2-5,7-8,11H,6,9-10H2,1H3. The van der Waals surface area contributed by atoms with E-state index in [0.29, 0.717) is 19.0 Å². The maximum absolute atomic E-state index is 12.3. The zero-order valence-electron chi connectivity index (χ0n) is 9.78. The molecule has 1 unspecified atom stereocenters. The number of aromatic nitrogens is 1. The van der Waals surface area contributed by atoms with Gasteiger partial charge in [-0.1, -0.05) is 25.1 Å². The van der Waals surface area contributed by atoms with Gasteiger partial charge in [0.15, 0.2) is 5.03 Å². The van der Waals surface area contributed by atoms with Crippen molar-refractivity contribution in [1.82, 2.24) is 9.29 Å². The number of nitrogens with zero attached hydrogens (tertiary/aromatic N) is 2. The SMILES string of the molecule is CC1CC=CCN(S(=O)(=O)c2ccccn2)C1. The van der Waals surface area contributed by atoms with Gasteiger partial charge in [0.25, 0.3) is 10.0 Å². The highest BCUT2D eigenvalue weighted by Crippen LogP contribution is 2.18. The fourth-order valence-electron chi connectivity index (χ4n) is 1.85. The van der Waals surface area contributed by atoms with E-state index in [0.717, 1.165) is 6.42 Å². The third-order valence-electron chi connectivity index (χ3n) is 2.77. The van der Waals surface area contributed by atoms with Crippen LogP contribution in [0.5, 0.6) is 0 Å². The Morgan fingerprint density at radius 3 is 2.88 bits per heavy atom. The molecule has 0 radical (unpaired) electrons. The molecule has 2 rings (SSSR count). The van der Waals surface area contributed by atoms with E-state index in [2.05, 4.69) is 11.9 Å². The summed E-state index contributed by atoms with van der Waals surface area (Å²) in [6.07, 6.45) is 6.38. The minimum atomic E-state index is -3.45. The lowest BCUT2D eigenvalue weighted by Gasteiger charge is -2.21. The molecular formula is C12H16N2O2S. The van der Waals surface area contributed by atoms with Gasteiger partial charge in [0.05, 0.1) is 0 Å². The van der Waals surface area contributed by atoms with Gasteiger partial charge in [-0.2, -0.15) is 4.31 Å². The molecule has 0 aliphatic carbocycles. The first kappa shape index (κ1) is 12.3. The van der Waals surface area contributed by atoms with Crippen molar-refractivity contribution in [1.29, 1.82) is 0 Å². The van der Waals surface area contributed by atoms with Crippen LogP contribution < -0.4 is 0 Å². The molecule has 0 saturated heterocycles. The molecule has 1 aromatic heterocycles. The Morgan fingerprint density at radius 1 is 1.35 bits per heavy atom. The summed E-state index contributed by atoms with van der Waals surface area (Å²) in [5.41, 5.74) is 0. The smallest absolute Gasteiger partial charge is 0.243 e. The molecule has 0 saturated carbocycles. The summed E-state index contributed by atoms with van der Waals surface area (Å²) in [5.74, 6) is 0.340. The van der Waals surface area contributed by atoms with E-state index in [4.69, 9.17) is 0 Å². The Morgan fingerprint density at radius 2 is 2.18 bits per heavy atom. The summed E-state index contributed by atoms with van der Waals surface area (Å²) in [4.78, 5) is 3.93. The number of sulfonamides is 1. The molecule has 0 N–H and O–H groups in total. The predicted octanol–water partition coefficient (Wildman–Crippen LogP) is 1.67. The molecule has 0 fully saturated rings. The summed E-state index contributed by atoms with van der Waals surface area (Å²) in [6, 6.07) is 4.94. The number of pyridine rings is 1. The molecule has 5 heteroatoms. The summed E-state index contributed by atoms with van der Waals surface area (Å²) in [7, 11) is -3.45. The Bertz CT molecular complexity index is 496. The molecular weight excluding hydrogens is 236 g/mol. The first-order valence-corrected chi connectivity index (χ1v) is 7.11. The van der Waals surface area contributed by atoms with E-state index in [9.17, 15) is 8.42 Å². The van der Waals surface area contributed by atoms with Crippen molar-refractivity contribution in [3.8, 4) is 0 Å². The van der Waals surface area contributed by atoms with Crippen LogP contribution in [-0.2, 0) is 10.0 Å². The van der Waals surface area contributed by atoms with Crippen molar-refractivity contribution in [2.75, 3.05) is 13.1 Å². The molecule has 1 atom stereocenters. The normalized spacial score (nSPS) is 22.3. The molecule has 0 amide bonds. The van der Waals surface area contributed by atoms with Crippen LogP contribution in [-0.4, -0.2) is 30.8 Å². The maximum Gasteiger partial charge on any atom is 0.260 e. The van der Waals surface area contributed by atoms with Crippen LogP contribution in [0.25, 0.3) is 0 Å². The van der Waals surface area contributed by atoms with Crippen molar-refractivity contribution in [2.24, 2.45) is 5.92 Å². The van der Waals surface area contributed by atoms with Gasteiger partial charge in [-0.05, 0) is 24.5 Å². The van der Waals surface area contributed by atoms with Crippen LogP contribution in [0.4, 0.5) is 0 Å². The van der Waals surface area contributed by atoms with Crippen molar-refractivity contribution in [3.05, 3.63) is 36.5 Å². The van der Waals surface area contributed by atoms with Gasteiger partial charge in [0.1, 0.15) is 0 Å². The molecule has 1 aliphatic heterocycles. The fourth-order valence-corrected chi connectivity index (χ4v) is 3.29. The van der Waals surface area contributed by atoms with Crippen molar-refractivity contribution < 1.29 is 8.42 Å². The molecule has 2 heterocycles. The van der Waals surface area contributed by atoms with Gasteiger partial charge < -0.3 is 0 Å². The van der Waals surface area contributed by atoms with E-state index in [1.165, 1.54) is 16.6 Å². The van der Waals surface area contributed by atoms with E-state index < -0.39 is 10.0 Å². The first-order valence-electron chi connectivity index (χ1n) is 5.67. The zero-order chi connectivity index (χ0) is 12.3. The lowest BCUT2D eigenvalue weighted by molar-refractivity contribution is 0.387. The van der Waals surface area contributed by atoms with Crippen LogP contribution in [0.2, 0.25) is 0 Å². The van der Waals surface area contributed by atoms with Gasteiger partial charge in [-0.25, -0.2) is 13.4 Å². The summed E-state index contributed by atoms with van der Waals surface area (Å²) in [5, 5.41) is 0.127. The van der Waals surface area contributed by atoms with E-state index in [-0.39, 0.29) is 5.03 Å². The quantitative estimate of drug-likeness (QED) is 0.752. The monoisotopic (exact) mass is 252 g/mol. The minimum absolute atomic E-state index is 0.127. The molecule has 1 aromatic rings. The number of allylic oxidation sites excluding steroid dienone is 1. The van der Waals surface area contributed by atoms with E-state index >= 15 is 0 Å². The lowest BCUT2D eigenvalue weighted by atomic mass is 10.1. The summed E-state index contributed by atoms with van der Waals surface area (Å²) < 4.78 is 26.1. The summed E-state index contributed by atoms with van der Waals surface area (Å²) >= 11 is 0. The second-order valence-electron chi connectivity index (χ2n) is 4.30. The molecule has 0 aromatic carbocycles.